The Bertz CT molecular complexity index is 737. The standard InChI is InChI=1S/C14H20N2O5S2/c1-16(7-14(8-17)3-4-14)23(20,21)13-11(12(18)19)9-2-5-15-6-10(9)22-13/h15,17H,2-8H2,1H3,(H,18,19). The molecule has 0 spiro atoms. The van der Waals surface area contributed by atoms with Crippen LogP contribution in [-0.2, 0) is 23.0 Å². The highest BCUT2D eigenvalue weighted by atomic mass is 32.2. The summed E-state index contributed by atoms with van der Waals surface area (Å²) in [5.41, 5.74) is 0.201. The second-order valence-corrected chi connectivity index (χ2v) is 9.66. The van der Waals surface area contributed by atoms with Gasteiger partial charge in [-0.15, -0.1) is 11.3 Å². The van der Waals surface area contributed by atoms with Crippen molar-refractivity contribution in [3.63, 3.8) is 0 Å². The van der Waals surface area contributed by atoms with Crippen molar-refractivity contribution in [2.45, 2.75) is 30.0 Å². The summed E-state index contributed by atoms with van der Waals surface area (Å²) >= 11 is 1.04. The first-order chi connectivity index (χ1) is 10.8. The van der Waals surface area contributed by atoms with Crippen molar-refractivity contribution in [1.29, 1.82) is 0 Å². The fraction of sp³-hybridized carbons (Fsp3) is 0.643. The van der Waals surface area contributed by atoms with Crippen molar-refractivity contribution >= 4 is 27.3 Å². The van der Waals surface area contributed by atoms with E-state index >= 15 is 0 Å². The number of hydrogen-bond acceptors (Lipinski definition) is 6. The molecule has 23 heavy (non-hydrogen) atoms. The van der Waals surface area contributed by atoms with Crippen LogP contribution >= 0.6 is 11.3 Å². The zero-order valence-electron chi connectivity index (χ0n) is 12.8. The average Bonchev–Trinajstić information content (AvgIpc) is 3.16. The molecule has 1 saturated carbocycles. The Hall–Kier alpha value is -1.00. The van der Waals surface area contributed by atoms with Gasteiger partial charge in [-0.1, -0.05) is 0 Å². The van der Waals surface area contributed by atoms with Crippen molar-refractivity contribution in [3.05, 3.63) is 16.0 Å². The van der Waals surface area contributed by atoms with Gasteiger partial charge >= 0.3 is 5.97 Å². The number of sulfonamides is 1. The molecule has 0 atom stereocenters. The Kier molecular flexibility index (Phi) is 4.26. The van der Waals surface area contributed by atoms with Gasteiger partial charge in [-0.05, 0) is 31.4 Å². The van der Waals surface area contributed by atoms with Crippen molar-refractivity contribution in [2.24, 2.45) is 5.41 Å². The number of hydrogen-bond donors (Lipinski definition) is 3. The van der Waals surface area contributed by atoms with Crippen molar-refractivity contribution in [2.75, 3.05) is 26.7 Å². The van der Waals surface area contributed by atoms with Crippen LogP contribution in [0.5, 0.6) is 0 Å². The van der Waals surface area contributed by atoms with E-state index in [-0.39, 0.29) is 28.3 Å². The highest BCUT2D eigenvalue weighted by Gasteiger charge is 2.45. The smallest absolute Gasteiger partial charge is 0.338 e. The van der Waals surface area contributed by atoms with Gasteiger partial charge in [0.25, 0.3) is 10.0 Å². The van der Waals surface area contributed by atoms with Crippen molar-refractivity contribution < 1.29 is 23.4 Å². The predicted molar refractivity (Wildman–Crippen MR) is 85.3 cm³/mol. The van der Waals surface area contributed by atoms with Gasteiger partial charge in [-0.25, -0.2) is 13.2 Å². The van der Waals surface area contributed by atoms with Crippen LogP contribution in [0.4, 0.5) is 0 Å². The number of aromatic carboxylic acids is 1. The molecule has 0 radical (unpaired) electrons. The summed E-state index contributed by atoms with van der Waals surface area (Å²) in [4.78, 5) is 12.4. The fourth-order valence-electron chi connectivity index (χ4n) is 2.95. The molecule has 3 N–H and O–H groups in total. The lowest BCUT2D eigenvalue weighted by Crippen LogP contribution is -2.34. The van der Waals surface area contributed by atoms with Crippen LogP contribution in [0.2, 0.25) is 0 Å². The van der Waals surface area contributed by atoms with Gasteiger partial charge in [0.1, 0.15) is 4.21 Å². The number of carbonyl (C=O) groups is 1. The van der Waals surface area contributed by atoms with E-state index in [4.69, 9.17) is 0 Å². The number of thiophene rings is 1. The summed E-state index contributed by atoms with van der Waals surface area (Å²) in [7, 11) is -2.43. The Morgan fingerprint density at radius 3 is 2.70 bits per heavy atom. The molecule has 1 aromatic rings. The maximum absolute atomic E-state index is 12.9. The lowest BCUT2D eigenvalue weighted by atomic mass is 10.1. The van der Waals surface area contributed by atoms with E-state index in [1.807, 2.05) is 0 Å². The normalized spacial score (nSPS) is 19.6. The largest absolute Gasteiger partial charge is 0.478 e. The highest BCUT2D eigenvalue weighted by Crippen LogP contribution is 2.46. The summed E-state index contributed by atoms with van der Waals surface area (Å²) in [5.74, 6) is -1.19. The van der Waals surface area contributed by atoms with E-state index in [2.05, 4.69) is 5.32 Å². The van der Waals surface area contributed by atoms with Crippen LogP contribution in [0.25, 0.3) is 0 Å². The van der Waals surface area contributed by atoms with Gasteiger partial charge in [-0.3, -0.25) is 0 Å². The topological polar surface area (TPSA) is 107 Å². The zero-order valence-corrected chi connectivity index (χ0v) is 14.5. The summed E-state index contributed by atoms with van der Waals surface area (Å²) in [6.07, 6.45) is 2.10. The molecule has 1 aliphatic carbocycles. The molecule has 0 unspecified atom stereocenters. The maximum atomic E-state index is 12.9. The predicted octanol–water partition coefficient (Wildman–Crippen LogP) is 0.485. The van der Waals surface area contributed by atoms with Gasteiger partial charge < -0.3 is 15.5 Å². The number of carboxylic acid groups (broad SMARTS) is 1. The minimum atomic E-state index is -3.88. The molecule has 128 valence electrons. The van der Waals surface area contributed by atoms with E-state index in [1.54, 1.807) is 0 Å². The SMILES string of the molecule is CN(CC1(CO)CC1)S(=O)(=O)c1sc2c(c1C(=O)O)CCNC2. The van der Waals surface area contributed by atoms with E-state index in [0.29, 0.717) is 25.1 Å². The second kappa shape index (κ2) is 5.82. The van der Waals surface area contributed by atoms with Gasteiger partial charge in [0.2, 0.25) is 0 Å². The summed E-state index contributed by atoms with van der Waals surface area (Å²) in [6, 6.07) is 0. The Morgan fingerprint density at radius 1 is 1.43 bits per heavy atom. The minimum Gasteiger partial charge on any atom is -0.478 e. The molecule has 3 rings (SSSR count). The van der Waals surface area contributed by atoms with Crippen LogP contribution < -0.4 is 5.32 Å². The first kappa shape index (κ1) is 16.8. The summed E-state index contributed by atoms with van der Waals surface area (Å²) in [6.45, 7) is 1.31. The third-order valence-electron chi connectivity index (χ3n) is 4.60. The monoisotopic (exact) mass is 360 g/mol. The number of nitrogens with one attached hydrogen (secondary N) is 1. The van der Waals surface area contributed by atoms with Crippen LogP contribution in [0, 0.1) is 5.41 Å². The van der Waals surface area contributed by atoms with Crippen LogP contribution in [0.3, 0.4) is 0 Å². The van der Waals surface area contributed by atoms with E-state index in [0.717, 1.165) is 29.1 Å². The Balaban J connectivity index is 1.99. The maximum Gasteiger partial charge on any atom is 0.338 e. The fourth-order valence-corrected chi connectivity index (χ4v) is 6.29. The van der Waals surface area contributed by atoms with E-state index < -0.39 is 16.0 Å². The van der Waals surface area contributed by atoms with E-state index in [1.165, 1.54) is 11.4 Å². The quantitative estimate of drug-likeness (QED) is 0.681. The lowest BCUT2D eigenvalue weighted by molar-refractivity contribution is 0.0692. The van der Waals surface area contributed by atoms with E-state index in [9.17, 15) is 23.4 Å². The molecule has 1 aliphatic heterocycles. The number of rotatable bonds is 6. The highest BCUT2D eigenvalue weighted by molar-refractivity contribution is 7.91. The Morgan fingerprint density at radius 2 is 2.13 bits per heavy atom. The molecule has 0 aromatic carbocycles. The Labute approximate surface area is 139 Å². The third-order valence-corrected chi connectivity index (χ3v) is 8.14. The second-order valence-electron chi connectivity index (χ2n) is 6.32. The molecule has 7 nitrogen and oxygen atoms in total. The molecule has 0 amide bonds. The summed E-state index contributed by atoms with van der Waals surface area (Å²) < 4.78 is 26.8. The number of aliphatic hydroxyl groups is 1. The van der Waals surface area contributed by atoms with Crippen LogP contribution in [0.15, 0.2) is 4.21 Å². The average molecular weight is 360 g/mol. The lowest BCUT2D eigenvalue weighted by Gasteiger charge is -2.21. The van der Waals surface area contributed by atoms with Gasteiger partial charge in [0.15, 0.2) is 0 Å². The van der Waals surface area contributed by atoms with Crippen LogP contribution in [-0.4, -0.2) is 55.6 Å². The third kappa shape index (κ3) is 2.91. The van der Waals surface area contributed by atoms with Gasteiger partial charge in [0, 0.05) is 37.0 Å². The number of fused-ring (bicyclic) bond motifs is 1. The molecule has 9 heteroatoms. The molecular formula is C14H20N2O5S2. The molecular weight excluding hydrogens is 340 g/mol. The molecule has 0 bridgehead atoms. The molecule has 1 aromatic heterocycles. The van der Waals surface area contributed by atoms with Crippen LogP contribution in [0.1, 0.15) is 33.6 Å². The van der Waals surface area contributed by atoms with Crippen molar-refractivity contribution in [3.8, 4) is 0 Å². The molecule has 2 aliphatic rings. The first-order valence-corrected chi connectivity index (χ1v) is 9.72. The minimum absolute atomic E-state index is 0.0521. The first-order valence-electron chi connectivity index (χ1n) is 7.46. The molecule has 0 saturated heterocycles. The summed E-state index contributed by atoms with van der Waals surface area (Å²) in [5, 5.41) is 22.0. The number of carboxylic acids is 1. The molecule has 2 heterocycles. The van der Waals surface area contributed by atoms with Gasteiger partial charge in [-0.2, -0.15) is 4.31 Å². The molecule has 1 fully saturated rings. The zero-order chi connectivity index (χ0) is 16.8. The number of nitrogens with zero attached hydrogens (tertiary/aromatic N) is 1. The van der Waals surface area contributed by atoms with Crippen molar-refractivity contribution in [1.82, 2.24) is 9.62 Å². The number of aliphatic hydroxyl groups excluding tert-OH is 1. The van der Waals surface area contributed by atoms with Gasteiger partial charge in [0.05, 0.1) is 5.56 Å².